The van der Waals surface area contributed by atoms with Crippen LogP contribution in [0.3, 0.4) is 0 Å². The highest BCUT2D eigenvalue weighted by molar-refractivity contribution is 7.85. The quantitative estimate of drug-likeness (QED) is 0.642. The van der Waals surface area contributed by atoms with E-state index < -0.39 is 21.7 Å². The van der Waals surface area contributed by atoms with E-state index in [-0.39, 0.29) is 11.9 Å². The lowest BCUT2D eigenvalue weighted by Crippen LogP contribution is -2.40. The summed E-state index contributed by atoms with van der Waals surface area (Å²) in [5.41, 5.74) is 1.23. The van der Waals surface area contributed by atoms with E-state index in [1.165, 1.54) is 0 Å². The van der Waals surface area contributed by atoms with Crippen LogP contribution in [0, 0.1) is 0 Å². The zero-order valence-electron chi connectivity index (χ0n) is 13.9. The number of Topliss-reactive ketones (excluding diaryl/α,β-unsaturated/α-hetero) is 1. The predicted octanol–water partition coefficient (Wildman–Crippen LogP) is 4.24. The Balaban J connectivity index is 1.71. The van der Waals surface area contributed by atoms with Gasteiger partial charge in [-0.1, -0.05) is 78.9 Å². The Kier molecular flexibility index (Phi) is 3.45. The molecule has 2 aliphatic rings. The molecule has 1 fully saturated rings. The molecule has 26 heavy (non-hydrogen) atoms. The second kappa shape index (κ2) is 5.73. The van der Waals surface area contributed by atoms with E-state index in [2.05, 4.69) is 0 Å². The summed E-state index contributed by atoms with van der Waals surface area (Å²) in [6, 6.07) is 26.5. The Labute approximate surface area is 154 Å². The second-order valence-corrected chi connectivity index (χ2v) is 8.12. The molecule has 0 aromatic heterocycles. The summed E-state index contributed by atoms with van der Waals surface area (Å²) in [7, 11) is -1.37. The van der Waals surface area contributed by atoms with Crippen LogP contribution in [0.15, 0.2) is 89.8 Å². The lowest BCUT2D eigenvalue weighted by atomic mass is 9.85. The number of ketones is 1. The van der Waals surface area contributed by atoms with Gasteiger partial charge in [-0.3, -0.25) is 9.00 Å². The molecule has 0 aliphatic carbocycles. The van der Waals surface area contributed by atoms with Crippen molar-refractivity contribution >= 4 is 16.6 Å². The number of carbonyl (C=O) groups excluding carboxylic acids is 1. The molecule has 3 nitrogen and oxygen atoms in total. The monoisotopic (exact) mass is 360 g/mol. The molecule has 4 atom stereocenters. The molecule has 3 aromatic rings. The number of carbonyl (C=O) groups is 1. The van der Waals surface area contributed by atoms with Crippen LogP contribution in [-0.4, -0.2) is 15.6 Å². The first-order chi connectivity index (χ1) is 12.7. The predicted molar refractivity (Wildman–Crippen MR) is 99.4 cm³/mol. The molecule has 0 saturated carbocycles. The van der Waals surface area contributed by atoms with Crippen LogP contribution in [0.25, 0.3) is 0 Å². The first-order valence-corrected chi connectivity index (χ1v) is 9.77. The van der Waals surface area contributed by atoms with Crippen LogP contribution in [0.2, 0.25) is 0 Å². The fourth-order valence-electron chi connectivity index (χ4n) is 3.92. The lowest BCUT2D eigenvalue weighted by molar-refractivity contribution is 0.0859. The molecule has 1 saturated heterocycles. The summed E-state index contributed by atoms with van der Waals surface area (Å²) in [4.78, 5) is 14.1. The second-order valence-electron chi connectivity index (χ2n) is 6.62. The fraction of sp³-hybridized carbons (Fsp3) is 0.136. The summed E-state index contributed by atoms with van der Waals surface area (Å²) < 4.78 is 19.6. The molecule has 1 spiro atoms. The van der Waals surface area contributed by atoms with Crippen LogP contribution in [0.5, 0.6) is 0 Å². The molecule has 3 aromatic carbocycles. The molecular formula is C22H16O3S. The first kappa shape index (κ1) is 15.7. The summed E-state index contributed by atoms with van der Waals surface area (Å²) in [6.45, 7) is 0. The number of rotatable bonds is 2. The normalized spacial score (nSPS) is 29.4. The van der Waals surface area contributed by atoms with Gasteiger partial charge in [-0.2, -0.15) is 0 Å². The van der Waals surface area contributed by atoms with E-state index in [4.69, 9.17) is 4.74 Å². The minimum absolute atomic E-state index is 0.0737. The van der Waals surface area contributed by atoms with Crippen molar-refractivity contribution in [2.45, 2.75) is 21.9 Å². The van der Waals surface area contributed by atoms with Crippen molar-refractivity contribution in [2.75, 3.05) is 0 Å². The van der Waals surface area contributed by atoms with Crippen molar-refractivity contribution < 1.29 is 13.7 Å². The molecule has 0 radical (unpaired) electrons. The number of hydrogen-bond donors (Lipinski definition) is 0. The van der Waals surface area contributed by atoms with Gasteiger partial charge in [0.05, 0.1) is 15.7 Å². The van der Waals surface area contributed by atoms with Crippen molar-refractivity contribution in [3.63, 3.8) is 0 Å². The highest BCUT2D eigenvalue weighted by Gasteiger charge is 2.71. The van der Waals surface area contributed by atoms with E-state index in [0.29, 0.717) is 10.5 Å². The summed E-state index contributed by atoms with van der Waals surface area (Å²) >= 11 is 0. The zero-order valence-corrected chi connectivity index (χ0v) is 14.7. The van der Waals surface area contributed by atoms with Gasteiger partial charge in [-0.15, -0.1) is 0 Å². The minimum atomic E-state index is -1.37. The average Bonchev–Trinajstić information content (AvgIpc) is 3.44. The van der Waals surface area contributed by atoms with E-state index in [1.807, 2.05) is 72.8 Å². The number of epoxide rings is 1. The van der Waals surface area contributed by atoms with Gasteiger partial charge in [-0.05, 0) is 17.2 Å². The van der Waals surface area contributed by atoms with Crippen LogP contribution in [0.1, 0.15) is 32.8 Å². The topological polar surface area (TPSA) is 46.7 Å². The maximum absolute atomic E-state index is 13.5. The van der Waals surface area contributed by atoms with Gasteiger partial charge >= 0.3 is 0 Å². The minimum Gasteiger partial charge on any atom is -0.350 e. The molecule has 1 unspecified atom stereocenters. The van der Waals surface area contributed by atoms with Gasteiger partial charge in [0, 0.05) is 5.56 Å². The smallest absolute Gasteiger partial charge is 0.200 e. The molecule has 2 aliphatic heterocycles. The SMILES string of the molecule is O=C1c2ccccc2S(=O)[C@H](c2ccccc2)[C@]12O[C@H]2c1ccccc1. The molecule has 5 rings (SSSR count). The number of benzene rings is 3. The number of ether oxygens (including phenoxy) is 1. The van der Waals surface area contributed by atoms with Crippen LogP contribution in [-0.2, 0) is 15.5 Å². The molecular weight excluding hydrogens is 344 g/mol. The van der Waals surface area contributed by atoms with E-state index in [0.717, 1.165) is 11.1 Å². The van der Waals surface area contributed by atoms with Crippen molar-refractivity contribution in [3.05, 3.63) is 102 Å². The first-order valence-electron chi connectivity index (χ1n) is 8.55. The standard InChI is InChI=1S/C22H16O3S/c23-19-17-13-7-8-14-18(17)26(24)21(16-11-5-2-6-12-16)22(19)20(25-22)15-9-3-1-4-10-15/h1-14,20-21H/t20-,21+,22-,26?/m0/s1. The molecule has 0 bridgehead atoms. The van der Waals surface area contributed by atoms with Crippen molar-refractivity contribution in [1.29, 1.82) is 0 Å². The molecule has 2 heterocycles. The van der Waals surface area contributed by atoms with Crippen molar-refractivity contribution in [2.24, 2.45) is 0 Å². The Bertz CT molecular complexity index is 1020. The lowest BCUT2D eigenvalue weighted by Gasteiger charge is -2.30. The third-order valence-corrected chi connectivity index (χ3v) is 7.00. The van der Waals surface area contributed by atoms with Gasteiger partial charge in [-0.25, -0.2) is 0 Å². The Hall–Kier alpha value is -2.56. The van der Waals surface area contributed by atoms with Gasteiger partial charge in [0.1, 0.15) is 11.4 Å². The highest BCUT2D eigenvalue weighted by Crippen LogP contribution is 2.62. The molecule has 0 amide bonds. The summed E-state index contributed by atoms with van der Waals surface area (Å²) in [5.74, 6) is -0.0737. The number of fused-ring (bicyclic) bond motifs is 1. The average molecular weight is 360 g/mol. The maximum atomic E-state index is 13.5. The van der Waals surface area contributed by atoms with Crippen LogP contribution >= 0.6 is 0 Å². The van der Waals surface area contributed by atoms with Gasteiger partial charge in [0.15, 0.2) is 5.60 Å². The van der Waals surface area contributed by atoms with E-state index >= 15 is 0 Å². The van der Waals surface area contributed by atoms with E-state index in [1.54, 1.807) is 12.1 Å². The maximum Gasteiger partial charge on any atom is 0.200 e. The zero-order chi connectivity index (χ0) is 17.7. The Morgan fingerprint density at radius 3 is 2.04 bits per heavy atom. The summed E-state index contributed by atoms with van der Waals surface area (Å²) in [5, 5.41) is -0.517. The molecule has 4 heteroatoms. The third-order valence-electron chi connectivity index (χ3n) is 5.16. The Morgan fingerprint density at radius 1 is 0.769 bits per heavy atom. The van der Waals surface area contributed by atoms with E-state index in [9.17, 15) is 9.00 Å². The summed E-state index contributed by atoms with van der Waals surface area (Å²) in [6.07, 6.45) is -0.376. The third kappa shape index (κ3) is 2.09. The number of hydrogen-bond acceptors (Lipinski definition) is 3. The van der Waals surface area contributed by atoms with Crippen LogP contribution < -0.4 is 0 Å². The highest BCUT2D eigenvalue weighted by atomic mass is 32.2. The fourth-order valence-corrected chi connectivity index (χ4v) is 5.77. The van der Waals surface area contributed by atoms with Crippen LogP contribution in [0.4, 0.5) is 0 Å². The largest absolute Gasteiger partial charge is 0.350 e. The van der Waals surface area contributed by atoms with Crippen molar-refractivity contribution in [1.82, 2.24) is 0 Å². The van der Waals surface area contributed by atoms with Gasteiger partial charge < -0.3 is 4.74 Å². The molecule has 0 N–H and O–H groups in total. The Morgan fingerprint density at radius 2 is 1.35 bits per heavy atom. The van der Waals surface area contributed by atoms with Gasteiger partial charge in [0.25, 0.3) is 0 Å². The van der Waals surface area contributed by atoms with Gasteiger partial charge in [0.2, 0.25) is 5.78 Å². The van der Waals surface area contributed by atoms with Crippen molar-refractivity contribution in [3.8, 4) is 0 Å². The molecule has 128 valence electrons.